The molecule has 0 unspecified atom stereocenters. The third-order valence-corrected chi connectivity index (χ3v) is 6.72. The van der Waals surface area contributed by atoms with Crippen LogP contribution < -0.4 is 0 Å². The summed E-state index contributed by atoms with van der Waals surface area (Å²) in [7, 11) is 0. The van der Waals surface area contributed by atoms with E-state index in [4.69, 9.17) is 0 Å². The van der Waals surface area contributed by atoms with Crippen molar-refractivity contribution in [2.45, 2.75) is 51.9 Å². The molecular formula is C20H24O2. The minimum Gasteiger partial charge on any atom is -0.508 e. The van der Waals surface area contributed by atoms with E-state index in [0.29, 0.717) is 29.6 Å². The molecule has 2 nitrogen and oxygen atoms in total. The Morgan fingerprint density at radius 1 is 1.36 bits per heavy atom. The highest BCUT2D eigenvalue weighted by Gasteiger charge is 2.52. The third kappa shape index (κ3) is 1.76. The fourth-order valence-electron chi connectivity index (χ4n) is 5.60. The van der Waals surface area contributed by atoms with Crippen LogP contribution in [0.4, 0.5) is 0 Å². The molecule has 0 heterocycles. The van der Waals surface area contributed by atoms with Gasteiger partial charge in [0.1, 0.15) is 5.75 Å². The van der Waals surface area contributed by atoms with Crippen molar-refractivity contribution in [3.8, 4) is 5.75 Å². The van der Waals surface area contributed by atoms with Crippen LogP contribution in [0.2, 0.25) is 0 Å². The monoisotopic (exact) mass is 296 g/mol. The van der Waals surface area contributed by atoms with Crippen LogP contribution >= 0.6 is 0 Å². The standard InChI is InChI=1S/C20H24O2/c1-3-12-4-7-18-16-11-19(22)17-10-13(21)5-6-14(17)15(16)8-9-20(12,18)2/h4-6,10,15-16,18,21H,3,7-9,11H2,1-2H3/t15-,16-,18+,20-/m1/s1. The summed E-state index contributed by atoms with van der Waals surface area (Å²) < 4.78 is 0. The Morgan fingerprint density at radius 2 is 2.18 bits per heavy atom. The summed E-state index contributed by atoms with van der Waals surface area (Å²) in [5, 5.41) is 9.70. The first-order chi connectivity index (χ1) is 10.5. The molecule has 0 bridgehead atoms. The SMILES string of the molecule is CCC1=CC[C@H]2[C@@H]3CC(=O)c4cc(O)ccc4[C@H]3CC[C@]12C. The maximum atomic E-state index is 12.6. The van der Waals surface area contributed by atoms with Gasteiger partial charge in [-0.3, -0.25) is 4.79 Å². The zero-order valence-electron chi connectivity index (χ0n) is 13.4. The molecule has 1 saturated carbocycles. The number of aromatic hydroxyl groups is 1. The van der Waals surface area contributed by atoms with Crippen molar-refractivity contribution < 1.29 is 9.90 Å². The fourth-order valence-corrected chi connectivity index (χ4v) is 5.60. The zero-order valence-corrected chi connectivity index (χ0v) is 13.4. The van der Waals surface area contributed by atoms with Crippen LogP contribution in [-0.2, 0) is 0 Å². The second-order valence-electron chi connectivity index (χ2n) is 7.55. The van der Waals surface area contributed by atoms with Crippen LogP contribution in [0.5, 0.6) is 5.75 Å². The molecule has 3 aliphatic carbocycles. The summed E-state index contributed by atoms with van der Waals surface area (Å²) in [6.45, 7) is 4.68. The van der Waals surface area contributed by atoms with Crippen molar-refractivity contribution in [1.82, 2.24) is 0 Å². The highest BCUT2D eigenvalue weighted by molar-refractivity contribution is 5.99. The first kappa shape index (κ1) is 14.0. The summed E-state index contributed by atoms with van der Waals surface area (Å²) in [5.41, 5.74) is 3.88. The predicted molar refractivity (Wildman–Crippen MR) is 87.1 cm³/mol. The lowest BCUT2D eigenvalue weighted by Gasteiger charge is -2.50. The second kappa shape index (κ2) is 4.71. The zero-order chi connectivity index (χ0) is 15.5. The summed E-state index contributed by atoms with van der Waals surface area (Å²) in [6, 6.07) is 5.41. The summed E-state index contributed by atoms with van der Waals surface area (Å²) >= 11 is 0. The van der Waals surface area contributed by atoms with Gasteiger partial charge in [-0.2, -0.15) is 0 Å². The molecule has 4 atom stereocenters. The van der Waals surface area contributed by atoms with Crippen LogP contribution in [0.1, 0.15) is 67.8 Å². The Kier molecular flexibility index (Phi) is 3.01. The summed E-state index contributed by atoms with van der Waals surface area (Å²) in [6.07, 6.45) is 7.79. The van der Waals surface area contributed by atoms with Gasteiger partial charge in [-0.1, -0.05) is 31.6 Å². The van der Waals surface area contributed by atoms with E-state index in [-0.39, 0.29) is 11.5 Å². The number of benzene rings is 1. The fraction of sp³-hybridized carbons (Fsp3) is 0.550. The molecule has 1 aromatic rings. The molecule has 116 valence electrons. The first-order valence-corrected chi connectivity index (χ1v) is 8.60. The average Bonchev–Trinajstić information content (AvgIpc) is 2.84. The average molecular weight is 296 g/mol. The van der Waals surface area contributed by atoms with Gasteiger partial charge in [-0.05, 0) is 66.5 Å². The molecule has 4 rings (SSSR count). The number of hydrogen-bond donors (Lipinski definition) is 1. The Morgan fingerprint density at radius 3 is 2.95 bits per heavy atom. The molecule has 0 radical (unpaired) electrons. The quantitative estimate of drug-likeness (QED) is 0.753. The van der Waals surface area contributed by atoms with Crippen LogP contribution in [0.25, 0.3) is 0 Å². The van der Waals surface area contributed by atoms with Crippen molar-refractivity contribution in [3.63, 3.8) is 0 Å². The van der Waals surface area contributed by atoms with Crippen LogP contribution in [0.15, 0.2) is 29.8 Å². The normalized spacial score (nSPS) is 36.4. The van der Waals surface area contributed by atoms with Crippen molar-refractivity contribution in [1.29, 1.82) is 0 Å². The van der Waals surface area contributed by atoms with E-state index in [1.165, 1.54) is 18.4 Å². The minimum absolute atomic E-state index is 0.210. The number of rotatable bonds is 1. The first-order valence-electron chi connectivity index (χ1n) is 8.60. The highest BCUT2D eigenvalue weighted by atomic mass is 16.3. The van der Waals surface area contributed by atoms with Crippen LogP contribution in [0.3, 0.4) is 0 Å². The van der Waals surface area contributed by atoms with E-state index in [1.54, 1.807) is 17.7 Å². The molecule has 0 aliphatic heterocycles. The number of allylic oxidation sites excluding steroid dienone is 2. The van der Waals surface area contributed by atoms with E-state index < -0.39 is 0 Å². The number of hydrogen-bond acceptors (Lipinski definition) is 2. The molecule has 1 fully saturated rings. The number of ketones is 1. The Balaban J connectivity index is 1.75. The lowest BCUT2D eigenvalue weighted by Crippen LogP contribution is -2.42. The topological polar surface area (TPSA) is 37.3 Å². The van der Waals surface area contributed by atoms with Gasteiger partial charge in [0, 0.05) is 12.0 Å². The molecule has 0 saturated heterocycles. The Hall–Kier alpha value is -1.57. The van der Waals surface area contributed by atoms with E-state index in [0.717, 1.165) is 18.4 Å². The molecule has 0 aromatic heterocycles. The van der Waals surface area contributed by atoms with Crippen LogP contribution in [-0.4, -0.2) is 10.9 Å². The number of carbonyl (C=O) groups excluding carboxylic acids is 1. The van der Waals surface area contributed by atoms with E-state index >= 15 is 0 Å². The number of fused-ring (bicyclic) bond motifs is 5. The molecule has 22 heavy (non-hydrogen) atoms. The summed E-state index contributed by atoms with van der Waals surface area (Å²) in [4.78, 5) is 12.6. The highest BCUT2D eigenvalue weighted by Crippen LogP contribution is 2.61. The van der Waals surface area contributed by atoms with Gasteiger partial charge in [0.15, 0.2) is 5.78 Å². The lowest BCUT2D eigenvalue weighted by molar-refractivity contribution is 0.0612. The van der Waals surface area contributed by atoms with E-state index in [2.05, 4.69) is 19.9 Å². The number of phenols is 1. The van der Waals surface area contributed by atoms with E-state index in [9.17, 15) is 9.90 Å². The maximum absolute atomic E-state index is 12.6. The molecule has 1 aromatic carbocycles. The van der Waals surface area contributed by atoms with Gasteiger partial charge < -0.3 is 5.11 Å². The number of phenolic OH excluding ortho intramolecular Hbond substituents is 1. The van der Waals surface area contributed by atoms with Crippen molar-refractivity contribution in [2.75, 3.05) is 0 Å². The Bertz CT molecular complexity index is 672. The van der Waals surface area contributed by atoms with Gasteiger partial charge in [-0.25, -0.2) is 0 Å². The lowest BCUT2D eigenvalue weighted by atomic mass is 9.54. The molecule has 3 aliphatic rings. The third-order valence-electron chi connectivity index (χ3n) is 6.72. The largest absolute Gasteiger partial charge is 0.508 e. The summed E-state index contributed by atoms with van der Waals surface area (Å²) in [5.74, 6) is 2.02. The van der Waals surface area contributed by atoms with Gasteiger partial charge in [0.25, 0.3) is 0 Å². The van der Waals surface area contributed by atoms with Gasteiger partial charge in [0.2, 0.25) is 0 Å². The smallest absolute Gasteiger partial charge is 0.163 e. The van der Waals surface area contributed by atoms with Gasteiger partial charge in [-0.15, -0.1) is 0 Å². The number of Topliss-reactive ketones (excluding diaryl/α,β-unsaturated/α-hetero) is 1. The van der Waals surface area contributed by atoms with Gasteiger partial charge in [0.05, 0.1) is 0 Å². The molecule has 0 spiro atoms. The second-order valence-corrected chi connectivity index (χ2v) is 7.55. The van der Waals surface area contributed by atoms with Crippen molar-refractivity contribution in [3.05, 3.63) is 41.0 Å². The van der Waals surface area contributed by atoms with E-state index in [1.807, 2.05) is 6.07 Å². The minimum atomic E-state index is 0.210. The molecular weight excluding hydrogens is 272 g/mol. The maximum Gasteiger partial charge on any atom is 0.163 e. The van der Waals surface area contributed by atoms with Gasteiger partial charge >= 0.3 is 0 Å². The molecule has 0 amide bonds. The Labute approximate surface area is 132 Å². The predicted octanol–water partition coefficient (Wildman–Crippen LogP) is 4.83. The molecule has 2 heteroatoms. The number of carbonyl (C=O) groups is 1. The van der Waals surface area contributed by atoms with Crippen molar-refractivity contribution >= 4 is 5.78 Å². The van der Waals surface area contributed by atoms with Crippen LogP contribution in [0, 0.1) is 17.3 Å². The molecule has 1 N–H and O–H groups in total. The van der Waals surface area contributed by atoms with Crippen molar-refractivity contribution in [2.24, 2.45) is 17.3 Å².